The molecule has 2 aromatic carbocycles. The predicted molar refractivity (Wildman–Crippen MR) is 104 cm³/mol. The maximum Gasteiger partial charge on any atom is 0.191 e. The molecule has 0 radical (unpaired) electrons. The van der Waals surface area contributed by atoms with Crippen LogP contribution in [-0.2, 0) is 4.74 Å². The normalized spacial score (nSPS) is 22.4. The zero-order valence-electron chi connectivity index (χ0n) is 14.2. The van der Waals surface area contributed by atoms with Gasteiger partial charge in [-0.3, -0.25) is 9.69 Å². The lowest BCUT2D eigenvalue weighted by Gasteiger charge is -2.33. The van der Waals surface area contributed by atoms with Gasteiger partial charge in [0, 0.05) is 29.2 Å². The highest BCUT2D eigenvalue weighted by Crippen LogP contribution is 2.40. The fourth-order valence-electron chi connectivity index (χ4n) is 3.67. The van der Waals surface area contributed by atoms with Crippen LogP contribution in [0.4, 0.5) is 0 Å². The molecule has 1 heterocycles. The number of ketones is 1. The Hall–Kier alpha value is -1.88. The largest absolute Gasteiger partial charge is 0.379 e. The van der Waals surface area contributed by atoms with Crippen LogP contribution in [0, 0.1) is 0 Å². The molecule has 0 spiro atoms. The molecule has 0 saturated carbocycles. The van der Waals surface area contributed by atoms with Crippen molar-refractivity contribution in [2.45, 2.75) is 6.04 Å². The quantitative estimate of drug-likeness (QED) is 0.614. The van der Waals surface area contributed by atoms with Gasteiger partial charge in [0.05, 0.1) is 19.3 Å². The molecule has 2 aromatic rings. The summed E-state index contributed by atoms with van der Waals surface area (Å²) in [6, 6.07) is 13.7. The standard InChI is InChI=1S/C20H19BClNO2/c21-14-3-6-16-17(12-14)19(23-7-9-25-10-8-23)18(20(16)24)11-13-1-4-15(22)5-2-13/h1-6,11-12,19H,7-10,21H2/b18-11+. The third kappa shape index (κ3) is 3.18. The van der Waals surface area contributed by atoms with Crippen LogP contribution in [0.2, 0.25) is 5.02 Å². The number of Topliss-reactive ketones (excluding diaryl/α,β-unsaturated/α-hetero) is 1. The maximum absolute atomic E-state index is 13.1. The predicted octanol–water partition coefficient (Wildman–Crippen LogP) is 2.25. The van der Waals surface area contributed by atoms with Crippen LogP contribution in [0.3, 0.4) is 0 Å². The van der Waals surface area contributed by atoms with Gasteiger partial charge in [0.15, 0.2) is 5.78 Å². The number of rotatable bonds is 2. The van der Waals surface area contributed by atoms with E-state index in [1.807, 2.05) is 42.5 Å². The van der Waals surface area contributed by atoms with Crippen molar-refractivity contribution in [3.63, 3.8) is 0 Å². The lowest BCUT2D eigenvalue weighted by molar-refractivity contribution is 0.0242. The second kappa shape index (κ2) is 6.79. The van der Waals surface area contributed by atoms with Crippen LogP contribution in [-0.4, -0.2) is 44.8 Å². The summed E-state index contributed by atoms with van der Waals surface area (Å²) in [7, 11) is 2.07. The van der Waals surface area contributed by atoms with Gasteiger partial charge in [0.1, 0.15) is 7.85 Å². The summed E-state index contributed by atoms with van der Waals surface area (Å²) in [6.45, 7) is 3.09. The Kier molecular flexibility index (Phi) is 4.51. The van der Waals surface area contributed by atoms with Gasteiger partial charge in [-0.05, 0) is 29.3 Å². The fraction of sp³-hybridized carbons (Fsp3) is 0.250. The number of hydrogen-bond donors (Lipinski definition) is 0. The van der Waals surface area contributed by atoms with Crippen LogP contribution < -0.4 is 5.46 Å². The molecule has 4 rings (SSSR count). The molecule has 3 nitrogen and oxygen atoms in total. The monoisotopic (exact) mass is 351 g/mol. The van der Waals surface area contributed by atoms with E-state index in [1.54, 1.807) is 0 Å². The van der Waals surface area contributed by atoms with E-state index in [2.05, 4.69) is 18.8 Å². The SMILES string of the molecule is Bc1ccc2c(c1)C(N1CCOCC1)/C(=C\c1ccc(Cl)cc1)C2=O. The topological polar surface area (TPSA) is 29.5 Å². The van der Waals surface area contributed by atoms with Crippen molar-refractivity contribution >= 4 is 36.8 Å². The zero-order valence-corrected chi connectivity index (χ0v) is 14.9. The highest BCUT2D eigenvalue weighted by Gasteiger charge is 2.38. The number of ether oxygens (including phenoxy) is 1. The molecular weight excluding hydrogens is 332 g/mol. The number of hydrogen-bond acceptors (Lipinski definition) is 3. The van der Waals surface area contributed by atoms with Crippen LogP contribution >= 0.6 is 11.6 Å². The van der Waals surface area contributed by atoms with Crippen molar-refractivity contribution in [2.24, 2.45) is 0 Å². The lowest BCUT2D eigenvalue weighted by atomic mass is 9.91. The average Bonchev–Trinajstić information content (AvgIpc) is 2.89. The molecule has 1 saturated heterocycles. The number of carbonyl (C=O) groups is 1. The van der Waals surface area contributed by atoms with Crippen LogP contribution in [0.15, 0.2) is 48.0 Å². The molecule has 0 bridgehead atoms. The highest BCUT2D eigenvalue weighted by molar-refractivity contribution is 6.33. The summed E-state index contributed by atoms with van der Waals surface area (Å²) in [5.74, 6) is 0.126. The minimum Gasteiger partial charge on any atom is -0.379 e. The van der Waals surface area contributed by atoms with Gasteiger partial charge in [-0.2, -0.15) is 0 Å². The number of carbonyl (C=O) groups excluding carboxylic acids is 1. The van der Waals surface area contributed by atoms with Crippen molar-refractivity contribution in [2.75, 3.05) is 26.3 Å². The number of benzene rings is 2. The number of nitrogens with zero attached hydrogens (tertiary/aromatic N) is 1. The molecule has 5 heteroatoms. The summed E-state index contributed by atoms with van der Waals surface area (Å²) in [6.07, 6.45) is 2.01. The first-order valence-electron chi connectivity index (χ1n) is 8.58. The molecule has 0 aromatic heterocycles. The summed E-state index contributed by atoms with van der Waals surface area (Å²) < 4.78 is 5.50. The Bertz CT molecular complexity index is 841. The van der Waals surface area contributed by atoms with Crippen molar-refractivity contribution < 1.29 is 9.53 Å². The Morgan fingerprint density at radius 2 is 1.84 bits per heavy atom. The van der Waals surface area contributed by atoms with Crippen LogP contribution in [0.25, 0.3) is 6.08 Å². The Labute approximate surface area is 153 Å². The number of halogens is 1. The Morgan fingerprint density at radius 1 is 1.12 bits per heavy atom. The van der Waals surface area contributed by atoms with Gasteiger partial charge in [-0.25, -0.2) is 0 Å². The van der Waals surface area contributed by atoms with E-state index >= 15 is 0 Å². The first-order valence-corrected chi connectivity index (χ1v) is 8.95. The van der Waals surface area contributed by atoms with Crippen molar-refractivity contribution in [3.05, 3.63) is 69.8 Å². The average molecular weight is 352 g/mol. The van der Waals surface area contributed by atoms with Gasteiger partial charge in [-0.15, -0.1) is 0 Å². The minimum absolute atomic E-state index is 0.00183. The molecule has 0 amide bonds. The van der Waals surface area contributed by atoms with Crippen molar-refractivity contribution in [3.8, 4) is 0 Å². The second-order valence-electron chi connectivity index (χ2n) is 6.62. The smallest absolute Gasteiger partial charge is 0.191 e. The third-order valence-corrected chi connectivity index (χ3v) is 5.16. The van der Waals surface area contributed by atoms with Crippen molar-refractivity contribution in [1.29, 1.82) is 0 Å². The van der Waals surface area contributed by atoms with Crippen LogP contribution in [0.5, 0.6) is 0 Å². The molecule has 1 aliphatic carbocycles. The number of fused-ring (bicyclic) bond motifs is 1. The summed E-state index contributed by atoms with van der Waals surface area (Å²) >= 11 is 5.99. The molecule has 1 unspecified atom stereocenters. The minimum atomic E-state index is 0.00183. The van der Waals surface area contributed by atoms with Gasteiger partial charge < -0.3 is 4.74 Å². The fourth-order valence-corrected chi connectivity index (χ4v) is 3.80. The number of morpholine rings is 1. The summed E-state index contributed by atoms with van der Waals surface area (Å²) in [5.41, 5.74) is 4.95. The van der Waals surface area contributed by atoms with E-state index < -0.39 is 0 Å². The van der Waals surface area contributed by atoms with E-state index in [1.165, 1.54) is 5.46 Å². The van der Waals surface area contributed by atoms with Gasteiger partial charge in [-0.1, -0.05) is 47.4 Å². The summed E-state index contributed by atoms with van der Waals surface area (Å²) in [4.78, 5) is 15.4. The molecule has 0 N–H and O–H groups in total. The van der Waals surface area contributed by atoms with E-state index in [9.17, 15) is 4.79 Å². The van der Waals surface area contributed by atoms with E-state index in [4.69, 9.17) is 16.3 Å². The molecule has 126 valence electrons. The van der Waals surface area contributed by atoms with Gasteiger partial charge in [0.2, 0.25) is 0 Å². The molecule has 25 heavy (non-hydrogen) atoms. The molecule has 1 aliphatic heterocycles. The Morgan fingerprint density at radius 3 is 2.56 bits per heavy atom. The maximum atomic E-state index is 13.1. The second-order valence-corrected chi connectivity index (χ2v) is 7.06. The molecule has 2 aliphatic rings. The summed E-state index contributed by atoms with van der Waals surface area (Å²) in [5, 5.41) is 0.698. The highest BCUT2D eigenvalue weighted by atomic mass is 35.5. The molecule has 1 fully saturated rings. The molecular formula is C20H19BClNO2. The molecule has 1 atom stereocenters. The Balaban J connectivity index is 1.80. The van der Waals surface area contributed by atoms with E-state index in [-0.39, 0.29) is 11.8 Å². The van der Waals surface area contributed by atoms with Gasteiger partial charge in [0.25, 0.3) is 0 Å². The first-order chi connectivity index (χ1) is 12.1. The lowest BCUT2D eigenvalue weighted by Crippen LogP contribution is -2.39. The van der Waals surface area contributed by atoms with Crippen LogP contribution in [0.1, 0.15) is 27.5 Å². The third-order valence-electron chi connectivity index (χ3n) is 4.91. The van der Waals surface area contributed by atoms with Crippen molar-refractivity contribution in [1.82, 2.24) is 4.90 Å². The van der Waals surface area contributed by atoms with E-state index in [0.29, 0.717) is 18.2 Å². The van der Waals surface area contributed by atoms with Gasteiger partial charge >= 0.3 is 0 Å². The van der Waals surface area contributed by atoms with E-state index in [0.717, 1.165) is 35.4 Å². The first kappa shape index (κ1) is 16.6. The zero-order chi connectivity index (χ0) is 17.4.